The lowest BCUT2D eigenvalue weighted by Crippen LogP contribution is -2.41. The van der Waals surface area contributed by atoms with Gasteiger partial charge in [-0.25, -0.2) is 9.37 Å². The van der Waals surface area contributed by atoms with Crippen molar-refractivity contribution in [3.05, 3.63) is 54.9 Å². The summed E-state index contributed by atoms with van der Waals surface area (Å²) in [7, 11) is 0. The second kappa shape index (κ2) is 7.11. The van der Waals surface area contributed by atoms with E-state index in [0.29, 0.717) is 18.0 Å². The molecule has 0 saturated carbocycles. The Morgan fingerprint density at radius 3 is 2.86 bits per heavy atom. The second-order valence-corrected chi connectivity index (χ2v) is 7.70. The molecule has 0 atom stereocenters. The van der Waals surface area contributed by atoms with Gasteiger partial charge in [-0.2, -0.15) is 0 Å². The van der Waals surface area contributed by atoms with Gasteiger partial charge in [-0.15, -0.1) is 11.3 Å². The number of rotatable bonds is 5. The van der Waals surface area contributed by atoms with Crippen LogP contribution in [0.15, 0.2) is 49.1 Å². The summed E-state index contributed by atoms with van der Waals surface area (Å²) in [5, 5.41) is 0. The number of halogens is 1. The Labute approximate surface area is 169 Å². The largest absolute Gasteiger partial charge is 0.453 e. The zero-order valence-electron chi connectivity index (χ0n) is 15.4. The Balaban J connectivity index is 1.42. The predicted octanol–water partition coefficient (Wildman–Crippen LogP) is 4.39. The lowest BCUT2D eigenvalue weighted by molar-refractivity contribution is -0.379. The summed E-state index contributed by atoms with van der Waals surface area (Å²) >= 11 is 1.48. The zero-order chi connectivity index (χ0) is 20.0. The van der Waals surface area contributed by atoms with Crippen molar-refractivity contribution in [3.8, 4) is 22.1 Å². The van der Waals surface area contributed by atoms with E-state index in [1.807, 2.05) is 23.8 Å². The van der Waals surface area contributed by atoms with E-state index in [4.69, 9.17) is 19.9 Å². The van der Waals surface area contributed by atoms with E-state index in [2.05, 4.69) is 9.97 Å². The zero-order valence-corrected chi connectivity index (χ0v) is 16.2. The molecule has 0 unspecified atom stereocenters. The predicted molar refractivity (Wildman–Crippen MR) is 107 cm³/mol. The molecule has 4 aromatic rings. The Kier molecular flexibility index (Phi) is 4.42. The van der Waals surface area contributed by atoms with Crippen LogP contribution in [0.1, 0.15) is 6.92 Å². The minimum absolute atomic E-state index is 0.112. The van der Waals surface area contributed by atoms with Crippen molar-refractivity contribution >= 4 is 27.2 Å². The fourth-order valence-electron chi connectivity index (χ4n) is 3.12. The van der Waals surface area contributed by atoms with E-state index in [9.17, 15) is 4.39 Å². The van der Waals surface area contributed by atoms with Gasteiger partial charge in [-0.3, -0.25) is 4.98 Å². The Hall–Kier alpha value is -3.01. The molecule has 29 heavy (non-hydrogen) atoms. The van der Waals surface area contributed by atoms with Crippen LogP contribution in [0.4, 0.5) is 10.1 Å². The SMILES string of the molecule is CC1OC(Cn2cnc(-c3cc4nccc(Oc5ccc(N)cc5F)c4s3)c2)O1. The molecule has 1 aliphatic heterocycles. The number of nitrogens with two attached hydrogens (primary N) is 1. The summed E-state index contributed by atoms with van der Waals surface area (Å²) < 4.78 is 33.6. The van der Waals surface area contributed by atoms with Crippen LogP contribution in [0.5, 0.6) is 11.5 Å². The normalized spacial score (nSPS) is 18.7. The molecular weight excluding hydrogens is 395 g/mol. The van der Waals surface area contributed by atoms with Crippen LogP contribution in [0, 0.1) is 5.82 Å². The van der Waals surface area contributed by atoms with Crippen molar-refractivity contribution in [2.45, 2.75) is 26.0 Å². The highest BCUT2D eigenvalue weighted by Crippen LogP contribution is 2.39. The minimum Gasteiger partial charge on any atom is -0.453 e. The Bertz CT molecular complexity index is 1190. The van der Waals surface area contributed by atoms with E-state index in [-0.39, 0.29) is 18.3 Å². The van der Waals surface area contributed by atoms with Crippen LogP contribution in [0.25, 0.3) is 20.8 Å². The average Bonchev–Trinajstić information content (AvgIpc) is 3.30. The molecule has 2 N–H and O–H groups in total. The molecule has 1 aromatic carbocycles. The van der Waals surface area contributed by atoms with Gasteiger partial charge in [0.1, 0.15) is 5.75 Å². The smallest absolute Gasteiger partial charge is 0.181 e. The highest BCUT2D eigenvalue weighted by Gasteiger charge is 2.27. The monoisotopic (exact) mass is 412 g/mol. The maximum Gasteiger partial charge on any atom is 0.181 e. The fraction of sp³-hybridized carbons (Fsp3) is 0.200. The summed E-state index contributed by atoms with van der Waals surface area (Å²) in [4.78, 5) is 9.80. The average molecular weight is 412 g/mol. The summed E-state index contributed by atoms with van der Waals surface area (Å²) in [6.07, 6.45) is 4.91. The van der Waals surface area contributed by atoms with Crippen molar-refractivity contribution in [1.29, 1.82) is 0 Å². The van der Waals surface area contributed by atoms with Gasteiger partial charge in [0.2, 0.25) is 0 Å². The topological polar surface area (TPSA) is 84.4 Å². The van der Waals surface area contributed by atoms with Crippen molar-refractivity contribution in [3.63, 3.8) is 0 Å². The van der Waals surface area contributed by atoms with Gasteiger partial charge in [-0.1, -0.05) is 0 Å². The molecule has 1 aliphatic rings. The standard InChI is InChI=1S/C20H17FN4O3S/c1-11-26-19(27-11)9-25-8-15(24-10-25)18-7-14-20(29-18)17(4-5-23-14)28-16-3-2-12(22)6-13(16)21/h2-8,10-11,19H,9,22H2,1H3. The van der Waals surface area contributed by atoms with Gasteiger partial charge in [0.25, 0.3) is 0 Å². The van der Waals surface area contributed by atoms with Gasteiger partial charge < -0.3 is 24.5 Å². The highest BCUT2D eigenvalue weighted by molar-refractivity contribution is 7.22. The number of fused-ring (bicyclic) bond motifs is 1. The fourth-order valence-corrected chi connectivity index (χ4v) is 4.15. The molecule has 0 spiro atoms. The number of imidazole rings is 1. The van der Waals surface area contributed by atoms with E-state index in [1.54, 1.807) is 24.7 Å². The number of ether oxygens (including phenoxy) is 3. The minimum atomic E-state index is -0.514. The number of anilines is 1. The maximum absolute atomic E-state index is 14.1. The highest BCUT2D eigenvalue weighted by atomic mass is 32.1. The first kappa shape index (κ1) is 18.0. The third-order valence-electron chi connectivity index (χ3n) is 4.48. The van der Waals surface area contributed by atoms with Gasteiger partial charge in [-0.05, 0) is 25.1 Å². The molecule has 0 radical (unpaired) electrons. The Morgan fingerprint density at radius 1 is 1.21 bits per heavy atom. The number of aromatic nitrogens is 3. The quantitative estimate of drug-likeness (QED) is 0.490. The number of benzene rings is 1. The van der Waals surface area contributed by atoms with Gasteiger partial charge in [0, 0.05) is 30.2 Å². The molecular formula is C20H17FN4O3S. The third kappa shape index (κ3) is 3.55. The number of thiophene rings is 1. The maximum atomic E-state index is 14.1. The molecule has 3 aromatic heterocycles. The van der Waals surface area contributed by atoms with Crippen LogP contribution in [-0.4, -0.2) is 27.1 Å². The first-order valence-corrected chi connectivity index (χ1v) is 9.81. The van der Waals surface area contributed by atoms with Crippen molar-refractivity contribution in [2.75, 3.05) is 5.73 Å². The molecule has 148 valence electrons. The molecule has 1 saturated heterocycles. The van der Waals surface area contributed by atoms with Crippen molar-refractivity contribution < 1.29 is 18.6 Å². The summed E-state index contributed by atoms with van der Waals surface area (Å²) in [6, 6.07) is 8.00. The number of hydrogen-bond donors (Lipinski definition) is 1. The van der Waals surface area contributed by atoms with Crippen LogP contribution in [-0.2, 0) is 16.0 Å². The number of hydrogen-bond acceptors (Lipinski definition) is 7. The van der Waals surface area contributed by atoms with Gasteiger partial charge in [0.15, 0.2) is 24.1 Å². The lowest BCUT2D eigenvalue weighted by Gasteiger charge is -2.33. The summed E-state index contributed by atoms with van der Waals surface area (Å²) in [6.45, 7) is 2.43. The molecule has 0 amide bonds. The van der Waals surface area contributed by atoms with Crippen LogP contribution < -0.4 is 10.5 Å². The summed E-state index contributed by atoms with van der Waals surface area (Å²) in [5.74, 6) is 0.125. The molecule has 5 rings (SSSR count). The third-order valence-corrected chi connectivity index (χ3v) is 5.65. The lowest BCUT2D eigenvalue weighted by atomic mass is 10.3. The summed E-state index contributed by atoms with van der Waals surface area (Å²) in [5.41, 5.74) is 7.51. The molecule has 0 aliphatic carbocycles. The van der Waals surface area contributed by atoms with Crippen molar-refractivity contribution in [2.24, 2.45) is 0 Å². The number of nitrogens with zero attached hydrogens (tertiary/aromatic N) is 3. The molecule has 7 nitrogen and oxygen atoms in total. The first-order chi connectivity index (χ1) is 14.0. The van der Waals surface area contributed by atoms with Crippen molar-refractivity contribution in [1.82, 2.24) is 14.5 Å². The van der Waals surface area contributed by atoms with E-state index in [0.717, 1.165) is 20.8 Å². The second-order valence-electron chi connectivity index (χ2n) is 6.65. The molecule has 1 fully saturated rings. The number of pyridine rings is 1. The van der Waals surface area contributed by atoms with E-state index in [1.165, 1.54) is 23.5 Å². The molecule has 4 heterocycles. The van der Waals surface area contributed by atoms with Gasteiger partial charge >= 0.3 is 0 Å². The molecule has 9 heteroatoms. The van der Waals surface area contributed by atoms with Crippen LogP contribution in [0.2, 0.25) is 0 Å². The van der Waals surface area contributed by atoms with Crippen LogP contribution >= 0.6 is 11.3 Å². The van der Waals surface area contributed by atoms with Gasteiger partial charge in [0.05, 0.1) is 33.7 Å². The molecule has 0 bridgehead atoms. The van der Waals surface area contributed by atoms with E-state index < -0.39 is 5.82 Å². The number of nitrogen functional groups attached to an aromatic ring is 1. The Morgan fingerprint density at radius 2 is 2.07 bits per heavy atom. The van der Waals surface area contributed by atoms with Crippen LogP contribution in [0.3, 0.4) is 0 Å². The van der Waals surface area contributed by atoms with E-state index >= 15 is 0 Å². The first-order valence-electron chi connectivity index (χ1n) is 8.99.